The van der Waals surface area contributed by atoms with Crippen LogP contribution in [0.3, 0.4) is 0 Å². The van der Waals surface area contributed by atoms with E-state index in [0.29, 0.717) is 29.1 Å². The van der Waals surface area contributed by atoms with E-state index < -0.39 is 0 Å². The van der Waals surface area contributed by atoms with Crippen molar-refractivity contribution >= 4 is 0 Å². The van der Waals surface area contributed by atoms with Gasteiger partial charge in [0.15, 0.2) is 18.1 Å². The number of benzene rings is 1. The van der Waals surface area contributed by atoms with Gasteiger partial charge in [0.25, 0.3) is 0 Å². The molecule has 1 saturated carbocycles. The Hall–Kier alpha value is -2.08. The van der Waals surface area contributed by atoms with Crippen molar-refractivity contribution in [1.82, 2.24) is 10.1 Å². The highest BCUT2D eigenvalue weighted by Gasteiger charge is 2.29. The van der Waals surface area contributed by atoms with Crippen molar-refractivity contribution < 1.29 is 19.1 Å². The Morgan fingerprint density at radius 2 is 2.20 bits per heavy atom. The monoisotopic (exact) mass is 276 g/mol. The van der Waals surface area contributed by atoms with Gasteiger partial charge in [0.05, 0.1) is 13.7 Å². The second kappa shape index (κ2) is 5.50. The fourth-order valence-electron chi connectivity index (χ4n) is 1.90. The summed E-state index contributed by atoms with van der Waals surface area (Å²) in [4.78, 5) is 4.29. The first-order valence-electron chi connectivity index (χ1n) is 6.53. The molecule has 0 atom stereocenters. The van der Waals surface area contributed by atoms with Gasteiger partial charge in [0, 0.05) is 5.92 Å². The Morgan fingerprint density at radius 1 is 1.35 bits per heavy atom. The number of ether oxygens (including phenoxy) is 2. The third-order valence-corrected chi connectivity index (χ3v) is 3.18. The molecule has 20 heavy (non-hydrogen) atoms. The number of hydrogen-bond donors (Lipinski definition) is 1. The first-order valence-corrected chi connectivity index (χ1v) is 6.53. The van der Waals surface area contributed by atoms with E-state index in [2.05, 4.69) is 10.1 Å². The molecule has 1 N–H and O–H groups in total. The summed E-state index contributed by atoms with van der Waals surface area (Å²) in [6, 6.07) is 5.28. The Kier molecular flexibility index (Phi) is 3.56. The van der Waals surface area contributed by atoms with Crippen LogP contribution in [-0.2, 0) is 13.2 Å². The van der Waals surface area contributed by atoms with Crippen LogP contribution >= 0.6 is 0 Å². The summed E-state index contributed by atoms with van der Waals surface area (Å²) in [5.41, 5.74) is 0.757. The van der Waals surface area contributed by atoms with E-state index in [1.54, 1.807) is 25.3 Å². The second-order valence-electron chi connectivity index (χ2n) is 4.76. The SMILES string of the molecule is COc1ccc(CO)cc1OCc1noc(C2CC2)n1. The van der Waals surface area contributed by atoms with Crippen LogP contribution in [0.25, 0.3) is 0 Å². The van der Waals surface area contributed by atoms with Crippen LogP contribution in [0.1, 0.15) is 36.0 Å². The molecule has 1 aromatic carbocycles. The molecular weight excluding hydrogens is 260 g/mol. The zero-order chi connectivity index (χ0) is 13.9. The number of aliphatic hydroxyl groups is 1. The molecule has 0 saturated heterocycles. The van der Waals surface area contributed by atoms with Gasteiger partial charge in [-0.25, -0.2) is 0 Å². The molecule has 3 rings (SSSR count). The molecule has 0 aliphatic heterocycles. The van der Waals surface area contributed by atoms with E-state index in [4.69, 9.17) is 19.1 Å². The van der Waals surface area contributed by atoms with Crippen LogP contribution in [0.5, 0.6) is 11.5 Å². The van der Waals surface area contributed by atoms with Crippen LogP contribution in [0.2, 0.25) is 0 Å². The van der Waals surface area contributed by atoms with E-state index in [0.717, 1.165) is 18.4 Å². The van der Waals surface area contributed by atoms with Crippen molar-refractivity contribution in [2.45, 2.75) is 32.0 Å². The predicted molar refractivity (Wildman–Crippen MR) is 69.5 cm³/mol. The average Bonchev–Trinajstić information content (AvgIpc) is 3.24. The van der Waals surface area contributed by atoms with Crippen LogP contribution in [0.4, 0.5) is 0 Å². The van der Waals surface area contributed by atoms with Gasteiger partial charge in [0.2, 0.25) is 11.7 Å². The zero-order valence-electron chi connectivity index (χ0n) is 11.2. The van der Waals surface area contributed by atoms with Crippen molar-refractivity contribution in [3.05, 3.63) is 35.5 Å². The predicted octanol–water partition coefficient (Wildman–Crippen LogP) is 2.03. The van der Waals surface area contributed by atoms with E-state index in [9.17, 15) is 0 Å². The molecule has 0 bridgehead atoms. The highest BCUT2D eigenvalue weighted by molar-refractivity contribution is 5.42. The summed E-state index contributed by atoms with van der Waals surface area (Å²) in [6.45, 7) is 0.163. The van der Waals surface area contributed by atoms with E-state index in [-0.39, 0.29) is 13.2 Å². The quantitative estimate of drug-likeness (QED) is 0.869. The van der Waals surface area contributed by atoms with E-state index in [1.165, 1.54) is 0 Å². The average molecular weight is 276 g/mol. The van der Waals surface area contributed by atoms with Gasteiger partial charge >= 0.3 is 0 Å². The lowest BCUT2D eigenvalue weighted by Gasteiger charge is -2.10. The largest absolute Gasteiger partial charge is 0.493 e. The maximum atomic E-state index is 9.15. The van der Waals surface area contributed by atoms with E-state index >= 15 is 0 Å². The lowest BCUT2D eigenvalue weighted by atomic mass is 10.2. The van der Waals surface area contributed by atoms with Crippen LogP contribution in [-0.4, -0.2) is 22.4 Å². The van der Waals surface area contributed by atoms with Gasteiger partial charge in [-0.1, -0.05) is 11.2 Å². The van der Waals surface area contributed by atoms with Crippen molar-refractivity contribution in [1.29, 1.82) is 0 Å². The van der Waals surface area contributed by atoms with E-state index in [1.807, 2.05) is 0 Å². The maximum Gasteiger partial charge on any atom is 0.229 e. The number of nitrogens with zero attached hydrogens (tertiary/aromatic N) is 2. The molecule has 0 spiro atoms. The fraction of sp³-hybridized carbons (Fsp3) is 0.429. The van der Waals surface area contributed by atoms with Crippen molar-refractivity contribution in [3.63, 3.8) is 0 Å². The van der Waals surface area contributed by atoms with Gasteiger partial charge in [-0.3, -0.25) is 0 Å². The lowest BCUT2D eigenvalue weighted by molar-refractivity contribution is 0.263. The third kappa shape index (κ3) is 2.75. The van der Waals surface area contributed by atoms with Crippen LogP contribution in [0.15, 0.2) is 22.7 Å². The van der Waals surface area contributed by atoms with Gasteiger partial charge in [0.1, 0.15) is 0 Å². The van der Waals surface area contributed by atoms with Gasteiger partial charge in [-0.15, -0.1) is 0 Å². The lowest BCUT2D eigenvalue weighted by Crippen LogP contribution is -2.00. The van der Waals surface area contributed by atoms with Crippen molar-refractivity contribution in [2.24, 2.45) is 0 Å². The number of rotatable bonds is 6. The molecule has 106 valence electrons. The Labute approximate surface area is 116 Å². The number of aliphatic hydroxyl groups excluding tert-OH is 1. The van der Waals surface area contributed by atoms with Crippen LogP contribution in [0, 0.1) is 0 Å². The Morgan fingerprint density at radius 3 is 2.90 bits per heavy atom. The molecule has 0 amide bonds. The Bertz CT molecular complexity index is 593. The van der Waals surface area contributed by atoms with Gasteiger partial charge in [-0.05, 0) is 30.5 Å². The molecule has 2 aromatic rings. The first-order chi connectivity index (χ1) is 9.80. The highest BCUT2D eigenvalue weighted by Crippen LogP contribution is 2.38. The minimum absolute atomic E-state index is 0.0472. The summed E-state index contributed by atoms with van der Waals surface area (Å²) in [7, 11) is 1.57. The molecule has 1 aliphatic carbocycles. The molecule has 0 unspecified atom stereocenters. The first kappa shape index (κ1) is 12.9. The number of aromatic nitrogens is 2. The normalized spacial score (nSPS) is 14.3. The van der Waals surface area contributed by atoms with Crippen molar-refractivity contribution in [3.8, 4) is 11.5 Å². The minimum Gasteiger partial charge on any atom is -0.493 e. The number of methoxy groups -OCH3 is 1. The minimum atomic E-state index is -0.0472. The van der Waals surface area contributed by atoms with Crippen molar-refractivity contribution in [2.75, 3.05) is 7.11 Å². The molecule has 0 radical (unpaired) electrons. The smallest absolute Gasteiger partial charge is 0.229 e. The molecular formula is C14H16N2O4. The molecule has 1 heterocycles. The summed E-state index contributed by atoms with van der Waals surface area (Å²) < 4.78 is 16.0. The topological polar surface area (TPSA) is 77.6 Å². The zero-order valence-corrected chi connectivity index (χ0v) is 11.2. The molecule has 1 fully saturated rings. The standard InChI is InChI=1S/C14H16N2O4/c1-18-11-5-2-9(7-17)6-12(11)19-8-13-15-14(20-16-13)10-3-4-10/h2,5-6,10,17H,3-4,7-8H2,1H3. The molecule has 1 aromatic heterocycles. The van der Waals surface area contributed by atoms with Crippen LogP contribution < -0.4 is 9.47 Å². The molecule has 1 aliphatic rings. The maximum absolute atomic E-state index is 9.15. The van der Waals surface area contributed by atoms with Gasteiger partial charge in [-0.2, -0.15) is 4.98 Å². The second-order valence-corrected chi connectivity index (χ2v) is 4.76. The summed E-state index contributed by atoms with van der Waals surface area (Å²) >= 11 is 0. The highest BCUT2D eigenvalue weighted by atomic mass is 16.5. The molecule has 6 nitrogen and oxygen atoms in total. The fourth-order valence-corrected chi connectivity index (χ4v) is 1.90. The van der Waals surface area contributed by atoms with Gasteiger partial charge < -0.3 is 19.1 Å². The third-order valence-electron chi connectivity index (χ3n) is 3.18. The number of hydrogen-bond acceptors (Lipinski definition) is 6. The summed E-state index contributed by atoms with van der Waals surface area (Å²) in [5, 5.41) is 13.0. The summed E-state index contributed by atoms with van der Waals surface area (Å²) in [6.07, 6.45) is 2.24. The summed E-state index contributed by atoms with van der Waals surface area (Å²) in [5.74, 6) is 2.80. The molecule has 6 heteroatoms. The Balaban J connectivity index is 1.69.